The molecule has 1 amide bonds. The van der Waals surface area contributed by atoms with Gasteiger partial charge in [-0.15, -0.1) is 0 Å². The molecule has 2 heterocycles. The molecule has 0 radical (unpaired) electrons. The van der Waals surface area contributed by atoms with Crippen molar-refractivity contribution in [2.24, 2.45) is 11.8 Å². The maximum atomic E-state index is 12.7. The van der Waals surface area contributed by atoms with Gasteiger partial charge in [0.15, 0.2) is 0 Å². The molecule has 0 aromatic rings. The summed E-state index contributed by atoms with van der Waals surface area (Å²) in [5.74, 6) is -0.272. The first-order valence-electron chi connectivity index (χ1n) is 8.43. The van der Waals surface area contributed by atoms with E-state index in [0.29, 0.717) is 19.0 Å². The molecule has 0 aromatic carbocycles. The molecule has 4 atom stereocenters. The number of carboxylic acids is 1. The van der Waals surface area contributed by atoms with E-state index in [0.717, 1.165) is 31.7 Å². The highest BCUT2D eigenvalue weighted by Gasteiger charge is 2.37. The highest BCUT2D eigenvalue weighted by atomic mass is 16.4. The number of likely N-dealkylation sites (tertiary alicyclic amines) is 1. The molecule has 3 fully saturated rings. The van der Waals surface area contributed by atoms with Gasteiger partial charge < -0.3 is 15.3 Å². The topological polar surface area (TPSA) is 69.6 Å². The highest BCUT2D eigenvalue weighted by Crippen LogP contribution is 2.32. The minimum atomic E-state index is -0.767. The number of carboxylic acid groups (broad SMARTS) is 1. The molecular weight excluding hydrogens is 268 g/mol. The first kappa shape index (κ1) is 14.8. The number of hydrogen-bond donors (Lipinski definition) is 2. The molecule has 118 valence electrons. The summed E-state index contributed by atoms with van der Waals surface area (Å²) in [6, 6.07) is 0.415. The summed E-state index contributed by atoms with van der Waals surface area (Å²) in [4.78, 5) is 25.6. The number of nitrogens with one attached hydrogen (secondary N) is 1. The lowest BCUT2D eigenvalue weighted by molar-refractivity contribution is -0.146. The molecule has 0 bridgehead atoms. The van der Waals surface area contributed by atoms with Gasteiger partial charge in [0.1, 0.15) is 0 Å². The Kier molecular flexibility index (Phi) is 4.48. The number of fused-ring (bicyclic) bond motifs is 1. The lowest BCUT2D eigenvalue weighted by Gasteiger charge is -2.42. The predicted octanol–water partition coefficient (Wildman–Crippen LogP) is 1.62. The van der Waals surface area contributed by atoms with Crippen LogP contribution in [-0.2, 0) is 9.59 Å². The smallest absolute Gasteiger partial charge is 0.308 e. The van der Waals surface area contributed by atoms with E-state index in [1.165, 1.54) is 25.7 Å². The fourth-order valence-corrected chi connectivity index (χ4v) is 4.29. The van der Waals surface area contributed by atoms with Crippen molar-refractivity contribution in [3.63, 3.8) is 0 Å². The third-order valence-electron chi connectivity index (χ3n) is 5.53. The minimum Gasteiger partial charge on any atom is -0.481 e. The summed E-state index contributed by atoms with van der Waals surface area (Å²) in [5.41, 5.74) is 0. The number of piperidine rings is 2. The molecule has 4 unspecified atom stereocenters. The van der Waals surface area contributed by atoms with Crippen LogP contribution in [0.25, 0.3) is 0 Å². The van der Waals surface area contributed by atoms with Crippen LogP contribution in [-0.4, -0.2) is 47.1 Å². The zero-order chi connectivity index (χ0) is 14.8. The van der Waals surface area contributed by atoms with Crippen molar-refractivity contribution >= 4 is 11.9 Å². The molecule has 2 N–H and O–H groups in total. The maximum absolute atomic E-state index is 12.7. The van der Waals surface area contributed by atoms with Crippen molar-refractivity contribution in [2.75, 3.05) is 13.1 Å². The summed E-state index contributed by atoms with van der Waals surface area (Å²) in [6.07, 6.45) is 8.63. The van der Waals surface area contributed by atoms with Gasteiger partial charge in [-0.1, -0.05) is 12.8 Å². The number of amides is 1. The number of rotatable bonds is 2. The van der Waals surface area contributed by atoms with E-state index in [4.69, 9.17) is 5.11 Å². The van der Waals surface area contributed by atoms with Crippen LogP contribution in [0.2, 0.25) is 0 Å². The number of carbonyl (C=O) groups is 2. The van der Waals surface area contributed by atoms with Crippen LogP contribution in [0.4, 0.5) is 0 Å². The van der Waals surface area contributed by atoms with E-state index < -0.39 is 5.97 Å². The molecule has 21 heavy (non-hydrogen) atoms. The largest absolute Gasteiger partial charge is 0.481 e. The van der Waals surface area contributed by atoms with Gasteiger partial charge in [-0.05, 0) is 44.4 Å². The van der Waals surface area contributed by atoms with E-state index in [2.05, 4.69) is 5.32 Å². The van der Waals surface area contributed by atoms with Crippen LogP contribution in [0.3, 0.4) is 0 Å². The third-order valence-corrected chi connectivity index (χ3v) is 5.53. The molecule has 3 aliphatic rings. The Hall–Kier alpha value is -1.10. The van der Waals surface area contributed by atoms with E-state index in [9.17, 15) is 9.59 Å². The molecule has 0 aromatic heterocycles. The van der Waals surface area contributed by atoms with E-state index in [1.807, 2.05) is 0 Å². The van der Waals surface area contributed by atoms with Crippen molar-refractivity contribution in [1.29, 1.82) is 0 Å². The SMILES string of the molecule is O=C(O)C1CCCN(C(=O)C2CCC3CCCCC3N2)C1. The van der Waals surface area contributed by atoms with E-state index >= 15 is 0 Å². The second kappa shape index (κ2) is 6.34. The Morgan fingerprint density at radius 2 is 1.81 bits per heavy atom. The summed E-state index contributed by atoms with van der Waals surface area (Å²) in [7, 11) is 0. The van der Waals surface area contributed by atoms with Crippen LogP contribution in [0.1, 0.15) is 51.4 Å². The van der Waals surface area contributed by atoms with Crippen LogP contribution < -0.4 is 5.32 Å². The van der Waals surface area contributed by atoms with Crippen molar-refractivity contribution in [3.8, 4) is 0 Å². The monoisotopic (exact) mass is 294 g/mol. The van der Waals surface area contributed by atoms with Gasteiger partial charge in [0.05, 0.1) is 12.0 Å². The average Bonchev–Trinajstić information content (AvgIpc) is 2.53. The van der Waals surface area contributed by atoms with Crippen LogP contribution in [0.15, 0.2) is 0 Å². The molecule has 5 nitrogen and oxygen atoms in total. The minimum absolute atomic E-state index is 0.0862. The fourth-order valence-electron chi connectivity index (χ4n) is 4.29. The summed E-state index contributed by atoms with van der Waals surface area (Å²) >= 11 is 0. The number of aliphatic carboxylic acids is 1. The summed E-state index contributed by atoms with van der Waals surface area (Å²) < 4.78 is 0. The molecular formula is C16H26N2O3. The molecule has 3 rings (SSSR count). The number of nitrogens with zero attached hydrogens (tertiary/aromatic N) is 1. The van der Waals surface area contributed by atoms with Gasteiger partial charge >= 0.3 is 5.97 Å². The summed E-state index contributed by atoms with van der Waals surface area (Å²) in [6.45, 7) is 1.11. The Labute approximate surface area is 126 Å². The van der Waals surface area contributed by atoms with Crippen LogP contribution >= 0.6 is 0 Å². The van der Waals surface area contributed by atoms with Gasteiger partial charge in [-0.2, -0.15) is 0 Å². The van der Waals surface area contributed by atoms with Gasteiger partial charge in [0.2, 0.25) is 5.91 Å². The van der Waals surface area contributed by atoms with Crippen LogP contribution in [0, 0.1) is 11.8 Å². The molecule has 2 saturated heterocycles. The Bertz CT molecular complexity index is 412. The molecule has 2 aliphatic heterocycles. The predicted molar refractivity (Wildman–Crippen MR) is 78.8 cm³/mol. The zero-order valence-corrected chi connectivity index (χ0v) is 12.6. The second-order valence-electron chi connectivity index (χ2n) is 6.91. The quantitative estimate of drug-likeness (QED) is 0.812. The molecule has 1 aliphatic carbocycles. The van der Waals surface area contributed by atoms with Crippen molar-refractivity contribution in [1.82, 2.24) is 10.2 Å². The van der Waals surface area contributed by atoms with E-state index in [-0.39, 0.29) is 17.9 Å². The normalized spacial score (nSPS) is 36.9. The third kappa shape index (κ3) is 3.23. The van der Waals surface area contributed by atoms with Crippen LogP contribution in [0.5, 0.6) is 0 Å². The van der Waals surface area contributed by atoms with Crippen molar-refractivity contribution in [3.05, 3.63) is 0 Å². The first-order chi connectivity index (χ1) is 10.1. The molecule has 0 spiro atoms. The number of carbonyl (C=O) groups excluding carboxylic acids is 1. The Balaban J connectivity index is 1.58. The summed E-state index contributed by atoms with van der Waals surface area (Å²) in [5, 5.41) is 12.7. The van der Waals surface area contributed by atoms with E-state index in [1.54, 1.807) is 4.90 Å². The lowest BCUT2D eigenvalue weighted by Crippen LogP contribution is -2.57. The van der Waals surface area contributed by atoms with Gasteiger partial charge in [0.25, 0.3) is 0 Å². The standard InChI is InChI=1S/C16H26N2O3/c19-15(18-9-3-5-12(10-18)16(20)21)14-8-7-11-4-1-2-6-13(11)17-14/h11-14,17H,1-10H2,(H,20,21). The van der Waals surface area contributed by atoms with Gasteiger partial charge in [0, 0.05) is 19.1 Å². The van der Waals surface area contributed by atoms with Crippen molar-refractivity contribution in [2.45, 2.75) is 63.5 Å². The zero-order valence-electron chi connectivity index (χ0n) is 12.6. The highest BCUT2D eigenvalue weighted by molar-refractivity contribution is 5.83. The Morgan fingerprint density at radius 1 is 1.00 bits per heavy atom. The molecule has 5 heteroatoms. The fraction of sp³-hybridized carbons (Fsp3) is 0.875. The first-order valence-corrected chi connectivity index (χ1v) is 8.43. The molecule has 1 saturated carbocycles. The Morgan fingerprint density at radius 3 is 2.62 bits per heavy atom. The van der Waals surface area contributed by atoms with Gasteiger partial charge in [-0.3, -0.25) is 9.59 Å². The van der Waals surface area contributed by atoms with Gasteiger partial charge in [-0.25, -0.2) is 0 Å². The lowest BCUT2D eigenvalue weighted by atomic mass is 9.77. The number of hydrogen-bond acceptors (Lipinski definition) is 3. The maximum Gasteiger partial charge on any atom is 0.308 e. The van der Waals surface area contributed by atoms with Crippen molar-refractivity contribution < 1.29 is 14.7 Å². The second-order valence-corrected chi connectivity index (χ2v) is 6.91. The average molecular weight is 294 g/mol.